The van der Waals surface area contributed by atoms with Crippen molar-refractivity contribution in [2.75, 3.05) is 0 Å². The molecule has 5 heteroatoms. The van der Waals surface area contributed by atoms with Gasteiger partial charge in [-0.1, -0.05) is 36.2 Å². The Hall–Kier alpha value is -0.770. The van der Waals surface area contributed by atoms with Crippen LogP contribution in [0.4, 0.5) is 0 Å². The maximum absolute atomic E-state index is 12.1. The number of halogens is 2. The van der Waals surface area contributed by atoms with E-state index in [1.807, 2.05) is 17.9 Å². The third kappa shape index (κ3) is 2.73. The molecule has 1 aromatic rings. The van der Waals surface area contributed by atoms with Crippen LogP contribution in [0.5, 0.6) is 0 Å². The Balaban J connectivity index is 2.42. The monoisotopic (exact) mass is 300 g/mol. The first-order valence-electron chi connectivity index (χ1n) is 6.47. The zero-order chi connectivity index (χ0) is 14.2. The summed E-state index contributed by atoms with van der Waals surface area (Å²) < 4.78 is 0. The molecule has 0 radical (unpaired) electrons. The summed E-state index contributed by atoms with van der Waals surface area (Å²) in [7, 11) is 0. The van der Waals surface area contributed by atoms with Gasteiger partial charge in [0.05, 0.1) is 6.04 Å². The Bertz CT molecular complexity index is 492. The smallest absolute Gasteiger partial charge is 0.225 e. The van der Waals surface area contributed by atoms with Crippen LogP contribution < -0.4 is 5.73 Å². The summed E-state index contributed by atoms with van der Waals surface area (Å²) in [5.74, 6) is 0.0952. The fourth-order valence-electron chi connectivity index (χ4n) is 2.62. The van der Waals surface area contributed by atoms with Gasteiger partial charge in [-0.3, -0.25) is 4.79 Å². The van der Waals surface area contributed by atoms with Gasteiger partial charge in [0.25, 0.3) is 0 Å². The fourth-order valence-corrected chi connectivity index (χ4v) is 3.14. The van der Waals surface area contributed by atoms with Gasteiger partial charge in [-0.25, -0.2) is 0 Å². The van der Waals surface area contributed by atoms with Crippen molar-refractivity contribution in [1.82, 2.24) is 4.90 Å². The number of nitrogens with zero attached hydrogens (tertiary/aromatic N) is 1. The summed E-state index contributed by atoms with van der Waals surface area (Å²) in [4.78, 5) is 14.0. The van der Waals surface area contributed by atoms with E-state index in [-0.39, 0.29) is 24.0 Å². The Morgan fingerprint density at radius 1 is 1.47 bits per heavy atom. The van der Waals surface area contributed by atoms with Gasteiger partial charge >= 0.3 is 0 Å². The highest BCUT2D eigenvalue weighted by Crippen LogP contribution is 2.38. The summed E-state index contributed by atoms with van der Waals surface area (Å²) >= 11 is 12.2. The van der Waals surface area contributed by atoms with E-state index in [9.17, 15) is 4.79 Å². The summed E-state index contributed by atoms with van der Waals surface area (Å²) in [6, 6.07) is 5.11. The summed E-state index contributed by atoms with van der Waals surface area (Å²) in [6.45, 7) is 4.09. The minimum Gasteiger partial charge on any atom is -0.331 e. The van der Waals surface area contributed by atoms with Crippen molar-refractivity contribution >= 4 is 29.1 Å². The number of amides is 1. The van der Waals surface area contributed by atoms with Crippen LogP contribution in [0.1, 0.15) is 38.3 Å². The standard InChI is InChI=1S/C14H18Cl2N2O/c1-3-8(2)18-13(19)7-12(17)14(18)10-5-4-9(15)6-11(10)16/h4-6,8,12,14H,3,7,17H2,1-2H3. The number of carbonyl (C=O) groups is 1. The van der Waals surface area contributed by atoms with Crippen LogP contribution >= 0.6 is 23.2 Å². The molecule has 1 amide bonds. The van der Waals surface area contributed by atoms with Gasteiger partial charge in [-0.15, -0.1) is 0 Å². The first kappa shape index (κ1) is 14.6. The van der Waals surface area contributed by atoms with E-state index < -0.39 is 0 Å². The lowest BCUT2D eigenvalue weighted by molar-refractivity contribution is -0.131. The minimum absolute atomic E-state index is 0.0952. The third-order valence-corrected chi connectivity index (χ3v) is 4.31. The second kappa shape index (κ2) is 5.70. The second-order valence-corrected chi connectivity index (χ2v) is 5.88. The Kier molecular flexibility index (Phi) is 4.39. The average molecular weight is 301 g/mol. The zero-order valence-electron chi connectivity index (χ0n) is 11.1. The molecule has 1 aliphatic heterocycles. The summed E-state index contributed by atoms with van der Waals surface area (Å²) in [5.41, 5.74) is 7.02. The van der Waals surface area contributed by atoms with E-state index in [1.54, 1.807) is 12.1 Å². The molecule has 0 spiro atoms. The molecule has 1 heterocycles. The van der Waals surface area contributed by atoms with Crippen LogP contribution in [0.2, 0.25) is 10.0 Å². The molecule has 0 aliphatic carbocycles. The molecule has 3 unspecified atom stereocenters. The molecule has 104 valence electrons. The quantitative estimate of drug-likeness (QED) is 0.930. The molecule has 0 saturated carbocycles. The highest BCUT2D eigenvalue weighted by molar-refractivity contribution is 6.35. The molecule has 2 N–H and O–H groups in total. The number of likely N-dealkylation sites (tertiary alicyclic amines) is 1. The van der Waals surface area contributed by atoms with Crippen LogP contribution in [0.3, 0.4) is 0 Å². The molecular formula is C14H18Cl2N2O. The summed E-state index contributed by atoms with van der Waals surface area (Å²) in [6.07, 6.45) is 1.26. The molecule has 19 heavy (non-hydrogen) atoms. The van der Waals surface area contributed by atoms with Crippen LogP contribution in [0.25, 0.3) is 0 Å². The number of hydrogen-bond acceptors (Lipinski definition) is 2. The molecule has 1 saturated heterocycles. The van der Waals surface area contributed by atoms with Crippen molar-refractivity contribution in [2.45, 2.75) is 44.8 Å². The predicted octanol–water partition coefficient (Wildman–Crippen LogP) is 3.39. The second-order valence-electron chi connectivity index (χ2n) is 5.04. The van der Waals surface area contributed by atoms with Crippen molar-refractivity contribution in [1.29, 1.82) is 0 Å². The van der Waals surface area contributed by atoms with E-state index in [0.717, 1.165) is 12.0 Å². The SMILES string of the molecule is CCC(C)N1C(=O)CC(N)C1c1ccc(Cl)cc1Cl. The van der Waals surface area contributed by atoms with Gasteiger partial charge < -0.3 is 10.6 Å². The van der Waals surface area contributed by atoms with Gasteiger partial charge in [0, 0.05) is 28.5 Å². The Morgan fingerprint density at radius 2 is 2.16 bits per heavy atom. The van der Waals surface area contributed by atoms with Crippen LogP contribution in [0, 0.1) is 0 Å². The van der Waals surface area contributed by atoms with Crippen LogP contribution in [-0.2, 0) is 4.79 Å². The van der Waals surface area contributed by atoms with Crippen LogP contribution in [0.15, 0.2) is 18.2 Å². The highest BCUT2D eigenvalue weighted by atomic mass is 35.5. The molecule has 3 nitrogen and oxygen atoms in total. The molecule has 0 aromatic heterocycles. The zero-order valence-corrected chi connectivity index (χ0v) is 12.6. The number of carbonyl (C=O) groups excluding carboxylic acids is 1. The van der Waals surface area contributed by atoms with E-state index in [0.29, 0.717) is 16.5 Å². The lowest BCUT2D eigenvalue weighted by atomic mass is 9.99. The van der Waals surface area contributed by atoms with Gasteiger partial charge in [-0.2, -0.15) is 0 Å². The molecule has 2 rings (SSSR count). The highest BCUT2D eigenvalue weighted by Gasteiger charge is 2.41. The topological polar surface area (TPSA) is 46.3 Å². The van der Waals surface area contributed by atoms with E-state index in [1.165, 1.54) is 0 Å². The number of benzene rings is 1. The predicted molar refractivity (Wildman–Crippen MR) is 78.4 cm³/mol. The van der Waals surface area contributed by atoms with E-state index >= 15 is 0 Å². The number of hydrogen-bond donors (Lipinski definition) is 1. The molecule has 1 aromatic carbocycles. The maximum atomic E-state index is 12.1. The molecule has 0 bridgehead atoms. The van der Waals surface area contributed by atoms with E-state index in [2.05, 4.69) is 6.92 Å². The first-order chi connectivity index (χ1) is 8.95. The number of rotatable bonds is 3. The molecular weight excluding hydrogens is 283 g/mol. The van der Waals surface area contributed by atoms with Crippen molar-refractivity contribution in [3.63, 3.8) is 0 Å². The maximum Gasteiger partial charge on any atom is 0.225 e. The lowest BCUT2D eigenvalue weighted by Crippen LogP contribution is -2.39. The van der Waals surface area contributed by atoms with Gasteiger partial charge in [0.2, 0.25) is 5.91 Å². The number of nitrogens with two attached hydrogens (primary N) is 1. The van der Waals surface area contributed by atoms with Gasteiger partial charge in [0.1, 0.15) is 0 Å². The van der Waals surface area contributed by atoms with Crippen molar-refractivity contribution in [3.8, 4) is 0 Å². The normalized spacial score (nSPS) is 24.9. The Morgan fingerprint density at radius 3 is 2.74 bits per heavy atom. The van der Waals surface area contributed by atoms with E-state index in [4.69, 9.17) is 28.9 Å². The largest absolute Gasteiger partial charge is 0.331 e. The average Bonchev–Trinajstić information content (AvgIpc) is 2.63. The molecule has 3 atom stereocenters. The van der Waals surface area contributed by atoms with Crippen LogP contribution in [-0.4, -0.2) is 22.9 Å². The van der Waals surface area contributed by atoms with Crippen molar-refractivity contribution in [3.05, 3.63) is 33.8 Å². The third-order valence-electron chi connectivity index (χ3n) is 3.75. The minimum atomic E-state index is -0.222. The molecule has 1 fully saturated rings. The van der Waals surface area contributed by atoms with Crippen molar-refractivity contribution in [2.24, 2.45) is 5.73 Å². The first-order valence-corrected chi connectivity index (χ1v) is 7.23. The fraction of sp³-hybridized carbons (Fsp3) is 0.500. The summed E-state index contributed by atoms with van der Waals surface area (Å²) in [5, 5.41) is 1.15. The van der Waals surface area contributed by atoms with Gasteiger partial charge in [0.15, 0.2) is 0 Å². The van der Waals surface area contributed by atoms with Crippen molar-refractivity contribution < 1.29 is 4.79 Å². The van der Waals surface area contributed by atoms with Gasteiger partial charge in [-0.05, 0) is 31.0 Å². The lowest BCUT2D eigenvalue weighted by Gasteiger charge is -2.32. The Labute approximate surface area is 123 Å². The molecule has 1 aliphatic rings.